The lowest BCUT2D eigenvalue weighted by atomic mass is 10.3. The first kappa shape index (κ1) is 11.9. The van der Waals surface area contributed by atoms with Crippen molar-refractivity contribution in [1.82, 2.24) is 4.98 Å². The van der Waals surface area contributed by atoms with Gasteiger partial charge in [-0.25, -0.2) is 13.4 Å². The van der Waals surface area contributed by atoms with Crippen LogP contribution in [0, 0.1) is 18.3 Å². The Morgan fingerprint density at radius 3 is 2.73 bits per heavy atom. The van der Waals surface area contributed by atoms with Crippen LogP contribution < -0.4 is 4.72 Å². The van der Waals surface area contributed by atoms with Crippen LogP contribution in [-0.4, -0.2) is 19.2 Å². The molecule has 0 aliphatic heterocycles. The Bertz CT molecular complexity index is 484. The van der Waals surface area contributed by atoms with E-state index in [1.54, 1.807) is 6.07 Å². The number of aryl methyl sites for hydroxylation is 2. The summed E-state index contributed by atoms with van der Waals surface area (Å²) < 4.78 is 24.8. The number of aromatic nitrogens is 1. The first-order valence-corrected chi connectivity index (χ1v) is 6.79. The second-order valence-electron chi connectivity index (χ2n) is 2.89. The van der Waals surface area contributed by atoms with E-state index in [2.05, 4.69) is 9.71 Å². The molecule has 0 spiro atoms. The van der Waals surface area contributed by atoms with Crippen LogP contribution in [0.4, 0.5) is 5.13 Å². The monoisotopic (exact) mass is 245 g/mol. The molecule has 7 heteroatoms. The van der Waals surface area contributed by atoms with Crippen molar-refractivity contribution in [3.63, 3.8) is 0 Å². The van der Waals surface area contributed by atoms with Gasteiger partial charge in [-0.2, -0.15) is 5.26 Å². The SMILES string of the molecule is CCc1nc(NS(=O)(=O)CC#N)sc1C. The number of nitriles is 1. The Labute approximate surface area is 92.8 Å². The maximum Gasteiger partial charge on any atom is 0.247 e. The van der Waals surface area contributed by atoms with Crippen molar-refractivity contribution in [2.75, 3.05) is 10.5 Å². The Balaban J connectivity index is 2.87. The summed E-state index contributed by atoms with van der Waals surface area (Å²) >= 11 is 1.28. The van der Waals surface area contributed by atoms with Gasteiger partial charge in [0.1, 0.15) is 0 Å². The molecule has 0 amide bonds. The number of hydrogen-bond acceptors (Lipinski definition) is 5. The lowest BCUT2D eigenvalue weighted by Crippen LogP contribution is -2.15. The summed E-state index contributed by atoms with van der Waals surface area (Å²) in [6.45, 7) is 3.84. The third kappa shape index (κ3) is 3.18. The van der Waals surface area contributed by atoms with Gasteiger partial charge in [-0.3, -0.25) is 4.72 Å². The largest absolute Gasteiger partial charge is 0.258 e. The van der Waals surface area contributed by atoms with E-state index in [1.165, 1.54) is 11.3 Å². The predicted molar refractivity (Wildman–Crippen MR) is 59.3 cm³/mol. The molecule has 15 heavy (non-hydrogen) atoms. The number of hydrogen-bond donors (Lipinski definition) is 1. The van der Waals surface area contributed by atoms with Gasteiger partial charge >= 0.3 is 0 Å². The fraction of sp³-hybridized carbons (Fsp3) is 0.500. The van der Waals surface area contributed by atoms with Gasteiger partial charge in [-0.05, 0) is 13.3 Å². The summed E-state index contributed by atoms with van der Waals surface area (Å²) in [4.78, 5) is 5.11. The zero-order valence-corrected chi connectivity index (χ0v) is 10.1. The quantitative estimate of drug-likeness (QED) is 0.866. The molecule has 0 saturated heterocycles. The van der Waals surface area contributed by atoms with E-state index in [0.717, 1.165) is 17.0 Å². The molecule has 0 aromatic carbocycles. The minimum atomic E-state index is -3.56. The van der Waals surface area contributed by atoms with Crippen molar-refractivity contribution in [1.29, 1.82) is 5.26 Å². The molecule has 82 valence electrons. The Morgan fingerprint density at radius 1 is 1.60 bits per heavy atom. The normalized spacial score (nSPS) is 11.0. The molecule has 0 radical (unpaired) electrons. The standard InChI is InChI=1S/C8H11N3O2S2/c1-3-7-6(2)14-8(10-7)11-15(12,13)5-4-9/h3,5H2,1-2H3,(H,10,11). The molecule has 0 atom stereocenters. The third-order valence-corrected chi connectivity index (χ3v) is 3.80. The van der Waals surface area contributed by atoms with Gasteiger partial charge in [0.05, 0.1) is 11.8 Å². The fourth-order valence-corrected chi connectivity index (χ4v) is 2.91. The Hall–Kier alpha value is -1.13. The maximum atomic E-state index is 11.2. The third-order valence-electron chi connectivity index (χ3n) is 1.72. The molecule has 0 aliphatic carbocycles. The van der Waals surface area contributed by atoms with E-state index in [9.17, 15) is 8.42 Å². The highest BCUT2D eigenvalue weighted by Crippen LogP contribution is 2.23. The van der Waals surface area contributed by atoms with Crippen LogP contribution in [0.25, 0.3) is 0 Å². The molecule has 1 aromatic rings. The molecule has 1 rings (SSSR count). The Morgan fingerprint density at radius 2 is 2.27 bits per heavy atom. The highest BCUT2D eigenvalue weighted by molar-refractivity contribution is 7.93. The van der Waals surface area contributed by atoms with Crippen LogP contribution in [0.1, 0.15) is 17.5 Å². The maximum absolute atomic E-state index is 11.2. The number of rotatable bonds is 4. The second-order valence-corrected chi connectivity index (χ2v) is 5.82. The highest BCUT2D eigenvalue weighted by Gasteiger charge is 2.13. The van der Waals surface area contributed by atoms with Gasteiger partial charge < -0.3 is 0 Å². The van der Waals surface area contributed by atoms with E-state index in [4.69, 9.17) is 5.26 Å². The molecule has 1 N–H and O–H groups in total. The van der Waals surface area contributed by atoms with Crippen molar-refractivity contribution < 1.29 is 8.42 Å². The first-order chi connectivity index (χ1) is 6.98. The van der Waals surface area contributed by atoms with Crippen LogP contribution in [0.3, 0.4) is 0 Å². The van der Waals surface area contributed by atoms with Crippen LogP contribution in [0.5, 0.6) is 0 Å². The number of thiazole rings is 1. The van der Waals surface area contributed by atoms with Crippen LogP contribution >= 0.6 is 11.3 Å². The molecule has 0 bridgehead atoms. The van der Waals surface area contributed by atoms with Crippen molar-refractivity contribution in [2.24, 2.45) is 0 Å². The summed E-state index contributed by atoms with van der Waals surface area (Å²) in [5.74, 6) is -0.549. The lowest BCUT2D eigenvalue weighted by Gasteiger charge is -1.98. The minimum absolute atomic E-state index is 0.333. The molecule has 1 heterocycles. The summed E-state index contributed by atoms with van der Waals surface area (Å²) in [7, 11) is -3.56. The van der Waals surface area contributed by atoms with Gasteiger partial charge in [0.25, 0.3) is 0 Å². The summed E-state index contributed by atoms with van der Waals surface area (Å²) in [5.41, 5.74) is 0.884. The smallest absolute Gasteiger partial charge is 0.247 e. The lowest BCUT2D eigenvalue weighted by molar-refractivity contribution is 0.604. The average molecular weight is 245 g/mol. The molecule has 5 nitrogen and oxygen atoms in total. The van der Waals surface area contributed by atoms with Crippen molar-refractivity contribution >= 4 is 26.5 Å². The summed E-state index contributed by atoms with van der Waals surface area (Å²) in [6, 6.07) is 1.59. The molecule has 0 fully saturated rings. The molecule has 0 aliphatic rings. The van der Waals surface area contributed by atoms with E-state index < -0.39 is 15.8 Å². The minimum Gasteiger partial charge on any atom is -0.258 e. The molecular weight excluding hydrogens is 234 g/mol. The molecular formula is C8H11N3O2S2. The topological polar surface area (TPSA) is 82.8 Å². The van der Waals surface area contributed by atoms with Gasteiger partial charge in [0.15, 0.2) is 10.9 Å². The van der Waals surface area contributed by atoms with E-state index in [0.29, 0.717) is 5.13 Å². The highest BCUT2D eigenvalue weighted by atomic mass is 32.2. The van der Waals surface area contributed by atoms with E-state index in [1.807, 2.05) is 13.8 Å². The zero-order valence-electron chi connectivity index (χ0n) is 8.44. The van der Waals surface area contributed by atoms with Crippen LogP contribution in [0.2, 0.25) is 0 Å². The number of nitrogens with zero attached hydrogens (tertiary/aromatic N) is 2. The number of anilines is 1. The number of sulfonamides is 1. The zero-order chi connectivity index (χ0) is 11.5. The van der Waals surface area contributed by atoms with Crippen molar-refractivity contribution in [2.45, 2.75) is 20.3 Å². The van der Waals surface area contributed by atoms with E-state index >= 15 is 0 Å². The van der Waals surface area contributed by atoms with E-state index in [-0.39, 0.29) is 0 Å². The van der Waals surface area contributed by atoms with Crippen molar-refractivity contribution in [3.05, 3.63) is 10.6 Å². The first-order valence-electron chi connectivity index (χ1n) is 4.32. The predicted octanol–water partition coefficient (Wildman–Crippen LogP) is 1.28. The second kappa shape index (κ2) is 4.59. The van der Waals surface area contributed by atoms with Crippen LogP contribution in [0.15, 0.2) is 0 Å². The molecule has 1 aromatic heterocycles. The van der Waals surface area contributed by atoms with Gasteiger partial charge in [-0.15, -0.1) is 11.3 Å². The van der Waals surface area contributed by atoms with Crippen molar-refractivity contribution in [3.8, 4) is 6.07 Å². The van der Waals surface area contributed by atoms with Crippen LogP contribution in [-0.2, 0) is 16.4 Å². The summed E-state index contributed by atoms with van der Waals surface area (Å²) in [6.07, 6.45) is 0.766. The van der Waals surface area contributed by atoms with Gasteiger partial charge in [0.2, 0.25) is 10.0 Å². The summed E-state index contributed by atoms with van der Waals surface area (Å²) in [5, 5.41) is 8.63. The van der Waals surface area contributed by atoms with Gasteiger partial charge in [0, 0.05) is 4.88 Å². The van der Waals surface area contributed by atoms with Gasteiger partial charge in [-0.1, -0.05) is 6.92 Å². The molecule has 0 saturated carbocycles. The average Bonchev–Trinajstić information content (AvgIpc) is 2.44. The molecule has 0 unspecified atom stereocenters. The fourth-order valence-electron chi connectivity index (χ4n) is 1.05. The Kier molecular flexibility index (Phi) is 3.66. The number of nitrogens with one attached hydrogen (secondary N) is 1.